The summed E-state index contributed by atoms with van der Waals surface area (Å²) in [4.78, 5) is 19.1. The second-order valence-corrected chi connectivity index (χ2v) is 10.9. The molecule has 0 amide bonds. The fourth-order valence-corrected chi connectivity index (χ4v) is 5.16. The molecule has 1 saturated carbocycles. The number of hydrogen-bond donors (Lipinski definition) is 1. The third-order valence-corrected chi connectivity index (χ3v) is 7.74. The highest BCUT2D eigenvalue weighted by Crippen LogP contribution is 2.30. The maximum atomic E-state index is 11.9. The lowest BCUT2D eigenvalue weighted by atomic mass is 9.81. The smallest absolute Gasteiger partial charge is 0.133 e. The predicted molar refractivity (Wildman–Crippen MR) is 150 cm³/mol. The number of ether oxygens (including phenoxy) is 1. The number of benzene rings is 1. The molecule has 1 aliphatic rings. The van der Waals surface area contributed by atoms with E-state index in [2.05, 4.69) is 34.2 Å². The second-order valence-electron chi connectivity index (χ2n) is 10.9. The SMILES string of the molecule is O=C(CCCCCCCCCCCCCCc1ccc(OCCCc2c[nH]cn2)cc1)CC1CCC1. The molecule has 0 saturated heterocycles. The summed E-state index contributed by atoms with van der Waals surface area (Å²) in [5.41, 5.74) is 2.52. The molecule has 2 aromatic rings. The highest BCUT2D eigenvalue weighted by atomic mass is 16.5. The third kappa shape index (κ3) is 12.7. The molecule has 0 atom stereocenters. The maximum absolute atomic E-state index is 11.9. The first-order valence-electron chi connectivity index (χ1n) is 15.0. The number of aryl methyl sites for hydroxylation is 2. The lowest BCUT2D eigenvalue weighted by Gasteiger charge is -2.24. The van der Waals surface area contributed by atoms with E-state index in [1.165, 1.54) is 102 Å². The number of H-pyrrole nitrogens is 1. The Morgan fingerprint density at radius 2 is 1.44 bits per heavy atom. The van der Waals surface area contributed by atoms with Gasteiger partial charge in [0.15, 0.2) is 0 Å². The van der Waals surface area contributed by atoms with E-state index < -0.39 is 0 Å². The van der Waals surface area contributed by atoms with E-state index in [0.717, 1.165) is 56.1 Å². The van der Waals surface area contributed by atoms with E-state index >= 15 is 0 Å². The maximum Gasteiger partial charge on any atom is 0.133 e. The number of carbonyl (C=O) groups excluding carboxylic acids is 1. The molecule has 0 unspecified atom stereocenters. The summed E-state index contributed by atoms with van der Waals surface area (Å²) in [5.74, 6) is 2.23. The fourth-order valence-electron chi connectivity index (χ4n) is 5.16. The van der Waals surface area contributed by atoms with Gasteiger partial charge < -0.3 is 9.72 Å². The molecule has 4 heteroatoms. The second kappa shape index (κ2) is 18.2. The van der Waals surface area contributed by atoms with Gasteiger partial charge >= 0.3 is 0 Å². The van der Waals surface area contributed by atoms with E-state index in [1.807, 2.05) is 6.20 Å². The fraction of sp³-hybridized carbons (Fsp3) is 0.688. The number of carbonyl (C=O) groups is 1. The monoisotopic (exact) mass is 494 g/mol. The van der Waals surface area contributed by atoms with Crippen LogP contribution in [0.5, 0.6) is 5.75 Å². The number of nitrogens with one attached hydrogen (secondary N) is 1. The molecule has 200 valence electrons. The van der Waals surface area contributed by atoms with E-state index in [1.54, 1.807) is 6.33 Å². The zero-order valence-electron chi connectivity index (χ0n) is 22.7. The molecule has 0 aliphatic heterocycles. The Kier molecular flexibility index (Phi) is 14.4. The molecule has 0 radical (unpaired) electrons. The normalized spacial score (nSPS) is 13.6. The number of ketones is 1. The van der Waals surface area contributed by atoms with Crippen molar-refractivity contribution >= 4 is 5.78 Å². The molecule has 1 aromatic carbocycles. The van der Waals surface area contributed by atoms with Gasteiger partial charge in [-0.2, -0.15) is 0 Å². The number of Topliss-reactive ketones (excluding diaryl/α,β-unsaturated/α-hetero) is 1. The minimum absolute atomic E-state index is 0.524. The molecule has 3 rings (SSSR count). The van der Waals surface area contributed by atoms with E-state index in [4.69, 9.17) is 4.74 Å². The molecule has 1 aliphatic carbocycles. The molecular weight excluding hydrogens is 444 g/mol. The summed E-state index contributed by atoms with van der Waals surface area (Å²) in [6, 6.07) is 8.66. The van der Waals surface area contributed by atoms with Crippen LogP contribution in [0, 0.1) is 5.92 Å². The number of rotatable bonds is 22. The Labute approximate surface area is 220 Å². The van der Waals surface area contributed by atoms with Gasteiger partial charge in [0.05, 0.1) is 18.6 Å². The Balaban J connectivity index is 1.04. The average molecular weight is 495 g/mol. The highest BCUT2D eigenvalue weighted by Gasteiger charge is 2.19. The van der Waals surface area contributed by atoms with Crippen LogP contribution < -0.4 is 4.74 Å². The number of imidazole rings is 1. The van der Waals surface area contributed by atoms with Gasteiger partial charge in [-0.05, 0) is 55.7 Å². The van der Waals surface area contributed by atoms with Crippen molar-refractivity contribution in [2.45, 2.75) is 128 Å². The standard InChI is InChI=1S/C32H50N2O2/c35-31(25-29-16-13-17-29)19-12-10-8-6-4-2-1-3-5-7-9-11-15-28-20-22-32(23-21-28)36-24-14-18-30-26-33-27-34-30/h20-23,26-27,29H,1-19,24-25H2,(H,33,34). The molecule has 36 heavy (non-hydrogen) atoms. The van der Waals surface area contributed by atoms with Gasteiger partial charge in [-0.25, -0.2) is 4.98 Å². The van der Waals surface area contributed by atoms with E-state index in [9.17, 15) is 4.79 Å². The Morgan fingerprint density at radius 1 is 0.806 bits per heavy atom. The minimum Gasteiger partial charge on any atom is -0.494 e. The topological polar surface area (TPSA) is 55.0 Å². The first kappa shape index (κ1) is 28.5. The van der Waals surface area contributed by atoms with Crippen molar-refractivity contribution in [3.63, 3.8) is 0 Å². The van der Waals surface area contributed by atoms with Crippen molar-refractivity contribution in [3.8, 4) is 5.75 Å². The molecule has 1 N–H and O–H groups in total. The van der Waals surface area contributed by atoms with E-state index in [-0.39, 0.29) is 0 Å². The van der Waals surface area contributed by atoms with Crippen LogP contribution in [0.1, 0.15) is 127 Å². The van der Waals surface area contributed by atoms with Crippen LogP contribution in [-0.2, 0) is 17.6 Å². The van der Waals surface area contributed by atoms with Crippen molar-refractivity contribution in [1.82, 2.24) is 9.97 Å². The quantitative estimate of drug-likeness (QED) is 0.166. The number of aromatic amines is 1. The summed E-state index contributed by atoms with van der Waals surface area (Å²) in [6.45, 7) is 0.731. The summed E-state index contributed by atoms with van der Waals surface area (Å²) in [5, 5.41) is 0. The van der Waals surface area contributed by atoms with Crippen LogP contribution in [-0.4, -0.2) is 22.4 Å². The number of unbranched alkanes of at least 4 members (excludes halogenated alkanes) is 11. The largest absolute Gasteiger partial charge is 0.494 e. The van der Waals surface area contributed by atoms with Crippen molar-refractivity contribution in [2.24, 2.45) is 5.92 Å². The van der Waals surface area contributed by atoms with Crippen molar-refractivity contribution < 1.29 is 9.53 Å². The summed E-state index contributed by atoms with van der Waals surface area (Å²) < 4.78 is 5.86. The van der Waals surface area contributed by atoms with Crippen LogP contribution in [0.3, 0.4) is 0 Å². The third-order valence-electron chi connectivity index (χ3n) is 7.74. The summed E-state index contributed by atoms with van der Waals surface area (Å²) in [7, 11) is 0. The Bertz CT molecular complexity index is 796. The minimum atomic E-state index is 0.524. The van der Waals surface area contributed by atoms with Crippen LogP contribution in [0.15, 0.2) is 36.8 Å². The van der Waals surface area contributed by atoms with Crippen LogP contribution in [0.2, 0.25) is 0 Å². The molecule has 1 heterocycles. The average Bonchev–Trinajstić information content (AvgIpc) is 3.39. The molecule has 4 nitrogen and oxygen atoms in total. The Morgan fingerprint density at radius 3 is 2.03 bits per heavy atom. The zero-order chi connectivity index (χ0) is 25.1. The van der Waals surface area contributed by atoms with Gasteiger partial charge in [-0.15, -0.1) is 0 Å². The van der Waals surface area contributed by atoms with Gasteiger partial charge in [0.1, 0.15) is 11.5 Å². The molecule has 1 fully saturated rings. The zero-order valence-corrected chi connectivity index (χ0v) is 22.7. The highest BCUT2D eigenvalue weighted by molar-refractivity contribution is 5.78. The number of hydrogen-bond acceptors (Lipinski definition) is 3. The van der Waals surface area contributed by atoms with Gasteiger partial charge in [-0.1, -0.05) is 95.6 Å². The lowest BCUT2D eigenvalue weighted by molar-refractivity contribution is -0.120. The lowest BCUT2D eigenvalue weighted by Crippen LogP contribution is -2.15. The van der Waals surface area contributed by atoms with Crippen LogP contribution in [0.4, 0.5) is 0 Å². The van der Waals surface area contributed by atoms with Gasteiger partial charge in [-0.3, -0.25) is 4.79 Å². The first-order valence-corrected chi connectivity index (χ1v) is 15.0. The van der Waals surface area contributed by atoms with Crippen molar-refractivity contribution in [1.29, 1.82) is 0 Å². The molecule has 0 spiro atoms. The van der Waals surface area contributed by atoms with Gasteiger partial charge in [0.25, 0.3) is 0 Å². The summed E-state index contributed by atoms with van der Waals surface area (Å²) >= 11 is 0. The van der Waals surface area contributed by atoms with Gasteiger partial charge in [0.2, 0.25) is 0 Å². The Hall–Kier alpha value is -2.10. The first-order chi connectivity index (χ1) is 17.8. The molecule has 0 bridgehead atoms. The molecule has 1 aromatic heterocycles. The summed E-state index contributed by atoms with van der Waals surface area (Å²) in [6.07, 6.45) is 28.4. The van der Waals surface area contributed by atoms with Crippen molar-refractivity contribution in [3.05, 3.63) is 48.0 Å². The van der Waals surface area contributed by atoms with Crippen LogP contribution >= 0.6 is 0 Å². The number of aromatic nitrogens is 2. The van der Waals surface area contributed by atoms with E-state index in [0.29, 0.717) is 5.78 Å². The molecular formula is C32H50N2O2. The number of nitrogens with zero attached hydrogens (tertiary/aromatic N) is 1. The van der Waals surface area contributed by atoms with Crippen LogP contribution in [0.25, 0.3) is 0 Å². The van der Waals surface area contributed by atoms with Gasteiger partial charge in [0, 0.05) is 19.0 Å². The predicted octanol–water partition coefficient (Wildman–Crippen LogP) is 8.79. The van der Waals surface area contributed by atoms with Crippen molar-refractivity contribution in [2.75, 3.05) is 6.61 Å².